The Hall–Kier alpha value is -2.08. The molecular weight excluding hydrogens is 294 g/mol. The van der Waals surface area contributed by atoms with Crippen LogP contribution >= 0.6 is 0 Å². The topological polar surface area (TPSA) is 70.7 Å². The van der Waals surface area contributed by atoms with Gasteiger partial charge in [0.25, 0.3) is 5.91 Å². The zero-order valence-electron chi connectivity index (χ0n) is 13.6. The van der Waals surface area contributed by atoms with Gasteiger partial charge in [0.05, 0.1) is 11.7 Å². The molecule has 6 heteroatoms. The lowest BCUT2D eigenvalue weighted by atomic mass is 10.1. The van der Waals surface area contributed by atoms with Crippen LogP contribution in [0.5, 0.6) is 5.75 Å². The Morgan fingerprint density at radius 3 is 2.78 bits per heavy atom. The van der Waals surface area contributed by atoms with Gasteiger partial charge in [-0.05, 0) is 44.4 Å². The van der Waals surface area contributed by atoms with Crippen LogP contribution in [0, 0.1) is 0 Å². The number of ether oxygens (including phenoxy) is 1. The smallest absolute Gasteiger partial charge is 0.262 e. The van der Waals surface area contributed by atoms with E-state index in [2.05, 4.69) is 10.6 Å². The van der Waals surface area contributed by atoms with Crippen LogP contribution in [0.3, 0.4) is 0 Å². The van der Waals surface area contributed by atoms with Crippen LogP contribution in [-0.2, 0) is 9.59 Å². The SMILES string of the molecule is CC(NC(C)c1ccc2c(c1)NC(=O)CO2)C(=O)N1CCCC1. The van der Waals surface area contributed by atoms with Crippen LogP contribution in [0.2, 0.25) is 0 Å². The van der Waals surface area contributed by atoms with Crippen molar-refractivity contribution in [1.29, 1.82) is 0 Å². The van der Waals surface area contributed by atoms with E-state index in [0.29, 0.717) is 11.4 Å². The molecule has 23 heavy (non-hydrogen) atoms. The molecule has 2 amide bonds. The van der Waals surface area contributed by atoms with Gasteiger partial charge in [-0.25, -0.2) is 0 Å². The zero-order valence-corrected chi connectivity index (χ0v) is 13.6. The number of nitrogens with one attached hydrogen (secondary N) is 2. The lowest BCUT2D eigenvalue weighted by Crippen LogP contribution is -2.44. The monoisotopic (exact) mass is 317 g/mol. The van der Waals surface area contributed by atoms with E-state index >= 15 is 0 Å². The van der Waals surface area contributed by atoms with Crippen LogP contribution in [0.15, 0.2) is 18.2 Å². The highest BCUT2D eigenvalue weighted by molar-refractivity contribution is 5.95. The van der Waals surface area contributed by atoms with Crippen LogP contribution in [-0.4, -0.2) is 42.5 Å². The highest BCUT2D eigenvalue weighted by Crippen LogP contribution is 2.30. The van der Waals surface area contributed by atoms with Crippen molar-refractivity contribution in [1.82, 2.24) is 10.2 Å². The van der Waals surface area contributed by atoms with Crippen LogP contribution in [0.25, 0.3) is 0 Å². The first-order chi connectivity index (χ1) is 11.0. The minimum absolute atomic E-state index is 0.000631. The van der Waals surface area contributed by atoms with Crippen molar-refractivity contribution in [3.05, 3.63) is 23.8 Å². The van der Waals surface area contributed by atoms with Crippen molar-refractivity contribution in [2.45, 2.75) is 38.8 Å². The minimum Gasteiger partial charge on any atom is -0.482 e. The molecule has 1 aromatic carbocycles. The quantitative estimate of drug-likeness (QED) is 0.886. The lowest BCUT2D eigenvalue weighted by Gasteiger charge is -2.25. The number of amides is 2. The molecule has 2 N–H and O–H groups in total. The maximum atomic E-state index is 12.4. The van der Waals surface area contributed by atoms with E-state index in [0.717, 1.165) is 31.5 Å². The van der Waals surface area contributed by atoms with E-state index in [4.69, 9.17) is 4.74 Å². The Balaban J connectivity index is 1.65. The number of rotatable bonds is 4. The summed E-state index contributed by atoms with van der Waals surface area (Å²) in [5.74, 6) is 0.693. The summed E-state index contributed by atoms with van der Waals surface area (Å²) in [4.78, 5) is 25.7. The standard InChI is InChI=1S/C17H23N3O3/c1-11(18-12(2)17(22)20-7-3-4-8-20)13-5-6-15-14(9-13)19-16(21)10-23-15/h5-6,9,11-12,18H,3-4,7-8,10H2,1-2H3,(H,19,21). The fourth-order valence-electron chi connectivity index (χ4n) is 3.12. The lowest BCUT2D eigenvalue weighted by molar-refractivity contribution is -0.132. The van der Waals surface area contributed by atoms with E-state index in [1.807, 2.05) is 36.9 Å². The second kappa shape index (κ2) is 6.58. The van der Waals surface area contributed by atoms with Gasteiger partial charge in [-0.1, -0.05) is 6.07 Å². The second-order valence-electron chi connectivity index (χ2n) is 6.23. The molecule has 0 aliphatic carbocycles. The molecule has 2 aliphatic heterocycles. The summed E-state index contributed by atoms with van der Waals surface area (Å²) in [6.45, 7) is 5.70. The molecule has 2 aliphatic rings. The third kappa shape index (κ3) is 3.47. The van der Waals surface area contributed by atoms with Crippen molar-refractivity contribution >= 4 is 17.5 Å². The fourth-order valence-corrected chi connectivity index (χ4v) is 3.12. The van der Waals surface area contributed by atoms with E-state index < -0.39 is 0 Å². The van der Waals surface area contributed by atoms with Crippen molar-refractivity contribution in [2.75, 3.05) is 25.0 Å². The van der Waals surface area contributed by atoms with Crippen LogP contribution in [0.1, 0.15) is 38.3 Å². The molecule has 1 saturated heterocycles. The van der Waals surface area contributed by atoms with Gasteiger partial charge in [0.15, 0.2) is 6.61 Å². The minimum atomic E-state index is -0.232. The Bertz CT molecular complexity index is 611. The summed E-state index contributed by atoms with van der Waals surface area (Å²) in [5, 5.41) is 6.16. The van der Waals surface area contributed by atoms with E-state index in [1.54, 1.807) is 0 Å². The van der Waals surface area contributed by atoms with Gasteiger partial charge in [0.1, 0.15) is 5.75 Å². The molecular formula is C17H23N3O3. The molecule has 1 aromatic rings. The van der Waals surface area contributed by atoms with E-state index in [1.165, 1.54) is 0 Å². The number of carbonyl (C=O) groups excluding carboxylic acids is 2. The number of hydrogen-bond donors (Lipinski definition) is 2. The molecule has 2 unspecified atom stereocenters. The van der Waals surface area contributed by atoms with Gasteiger partial charge >= 0.3 is 0 Å². The molecule has 3 rings (SSSR count). The maximum Gasteiger partial charge on any atom is 0.262 e. The summed E-state index contributed by atoms with van der Waals surface area (Å²) in [6, 6.07) is 5.48. The van der Waals surface area contributed by atoms with Gasteiger partial charge in [0.2, 0.25) is 5.91 Å². The number of fused-ring (bicyclic) bond motifs is 1. The number of benzene rings is 1. The van der Waals surface area contributed by atoms with E-state index in [9.17, 15) is 9.59 Å². The summed E-state index contributed by atoms with van der Waals surface area (Å²) in [5.41, 5.74) is 1.70. The van der Waals surface area contributed by atoms with Crippen LogP contribution in [0.4, 0.5) is 5.69 Å². The van der Waals surface area contributed by atoms with Gasteiger partial charge in [0, 0.05) is 19.1 Å². The molecule has 124 valence electrons. The van der Waals surface area contributed by atoms with Gasteiger partial charge in [-0.15, -0.1) is 0 Å². The molecule has 6 nitrogen and oxygen atoms in total. The fraction of sp³-hybridized carbons (Fsp3) is 0.529. The predicted molar refractivity (Wildman–Crippen MR) is 87.4 cm³/mol. The highest BCUT2D eigenvalue weighted by Gasteiger charge is 2.25. The Labute approximate surface area is 136 Å². The number of carbonyl (C=O) groups is 2. The molecule has 0 spiro atoms. The molecule has 2 heterocycles. The van der Waals surface area contributed by atoms with Crippen LogP contribution < -0.4 is 15.4 Å². The second-order valence-corrected chi connectivity index (χ2v) is 6.23. The summed E-state index contributed by atoms with van der Waals surface area (Å²) >= 11 is 0. The first kappa shape index (κ1) is 15.8. The Morgan fingerprint density at radius 2 is 2.04 bits per heavy atom. The average molecular weight is 317 g/mol. The van der Waals surface area contributed by atoms with Crippen molar-refractivity contribution in [3.63, 3.8) is 0 Å². The van der Waals surface area contributed by atoms with Crippen molar-refractivity contribution < 1.29 is 14.3 Å². The molecule has 2 atom stereocenters. The first-order valence-electron chi connectivity index (χ1n) is 8.16. The van der Waals surface area contributed by atoms with E-state index in [-0.39, 0.29) is 30.5 Å². The number of hydrogen-bond acceptors (Lipinski definition) is 4. The molecule has 0 radical (unpaired) electrons. The molecule has 1 fully saturated rings. The van der Waals surface area contributed by atoms with Gasteiger partial charge in [-0.2, -0.15) is 0 Å². The predicted octanol–water partition coefficient (Wildman–Crippen LogP) is 1.68. The number of likely N-dealkylation sites (tertiary alicyclic amines) is 1. The first-order valence-corrected chi connectivity index (χ1v) is 8.16. The number of anilines is 1. The van der Waals surface area contributed by atoms with Gasteiger partial charge in [-0.3, -0.25) is 14.9 Å². The molecule has 0 saturated carbocycles. The Kier molecular flexibility index (Phi) is 4.52. The summed E-state index contributed by atoms with van der Waals surface area (Å²) in [6.07, 6.45) is 2.19. The molecule has 0 bridgehead atoms. The van der Waals surface area contributed by atoms with Crippen molar-refractivity contribution in [3.8, 4) is 5.75 Å². The van der Waals surface area contributed by atoms with Gasteiger partial charge < -0.3 is 15.0 Å². The summed E-state index contributed by atoms with van der Waals surface area (Å²) < 4.78 is 5.36. The Morgan fingerprint density at radius 1 is 1.30 bits per heavy atom. The normalized spacial score (nSPS) is 19.6. The third-order valence-electron chi connectivity index (χ3n) is 4.42. The zero-order chi connectivity index (χ0) is 16.4. The maximum absolute atomic E-state index is 12.4. The summed E-state index contributed by atoms with van der Waals surface area (Å²) in [7, 11) is 0. The largest absolute Gasteiger partial charge is 0.482 e. The average Bonchev–Trinajstić information content (AvgIpc) is 3.07. The van der Waals surface area contributed by atoms with Crippen molar-refractivity contribution in [2.24, 2.45) is 0 Å². The highest BCUT2D eigenvalue weighted by atomic mass is 16.5. The third-order valence-corrected chi connectivity index (χ3v) is 4.42. The number of nitrogens with zero attached hydrogens (tertiary/aromatic N) is 1. The molecule has 0 aromatic heterocycles.